The maximum atomic E-state index is 11.4. The fourth-order valence-corrected chi connectivity index (χ4v) is 7.87. The van der Waals surface area contributed by atoms with Crippen molar-refractivity contribution in [2.24, 2.45) is 0 Å². The van der Waals surface area contributed by atoms with Gasteiger partial charge in [-0.1, -0.05) is 0 Å². The van der Waals surface area contributed by atoms with Crippen molar-refractivity contribution in [3.05, 3.63) is 0 Å². The molecule has 0 spiro atoms. The van der Waals surface area contributed by atoms with Crippen LogP contribution in [0.15, 0.2) is 0 Å². The van der Waals surface area contributed by atoms with Crippen molar-refractivity contribution in [1.29, 1.82) is 0 Å². The van der Waals surface area contributed by atoms with Gasteiger partial charge in [0.15, 0.2) is 0 Å². The van der Waals surface area contributed by atoms with Gasteiger partial charge in [-0.15, -0.1) is 0 Å². The van der Waals surface area contributed by atoms with Crippen LogP contribution in [0.1, 0.15) is 44.9 Å². The second-order valence-corrected chi connectivity index (χ2v) is 16.7. The molecule has 0 bridgehead atoms. The Kier molecular flexibility index (Phi) is 5.21. The second kappa shape index (κ2) is 5.94. The van der Waals surface area contributed by atoms with Crippen LogP contribution in [-0.2, 0) is 4.79 Å². The van der Waals surface area contributed by atoms with E-state index in [0.29, 0.717) is 5.78 Å². The van der Waals surface area contributed by atoms with Crippen molar-refractivity contribution in [2.45, 2.75) is 67.0 Å². The number of rotatable bonds is 0. The van der Waals surface area contributed by atoms with Gasteiger partial charge in [-0.05, 0) is 0 Å². The predicted octanol–water partition coefficient (Wildman–Crippen LogP) is 4.01. The van der Waals surface area contributed by atoms with Crippen molar-refractivity contribution in [2.75, 3.05) is 0 Å². The first-order valence-electron chi connectivity index (χ1n) is 6.12. The number of hydrogen-bond acceptors (Lipinski definition) is 1. The molecule has 0 aromatic carbocycles. The van der Waals surface area contributed by atoms with E-state index in [4.69, 9.17) is 0 Å². The summed E-state index contributed by atoms with van der Waals surface area (Å²) < 4.78 is 0. The second-order valence-electron chi connectivity index (χ2n) is 5.47. The Morgan fingerprint density at radius 1 is 0.857 bits per heavy atom. The standard InChI is InChI=1S/C12H24GeO/c1-13(2)10-6-3-4-8-12(14)9-5-7-11-13/h3-11H2,1-2H3. The SMILES string of the molecule is [CH3][Ge]1([CH3])[CH2]CCCCC(=O)CCC[CH2]1. The summed E-state index contributed by atoms with van der Waals surface area (Å²) in [6.45, 7) is 0. The van der Waals surface area contributed by atoms with Crippen molar-refractivity contribution < 1.29 is 4.79 Å². The van der Waals surface area contributed by atoms with Gasteiger partial charge in [-0.2, -0.15) is 0 Å². The number of ketones is 1. The van der Waals surface area contributed by atoms with Gasteiger partial charge in [0.2, 0.25) is 0 Å². The topological polar surface area (TPSA) is 17.1 Å². The van der Waals surface area contributed by atoms with Crippen LogP contribution < -0.4 is 0 Å². The molecule has 1 saturated heterocycles. The van der Waals surface area contributed by atoms with Gasteiger partial charge in [-0.25, -0.2) is 0 Å². The molecule has 0 saturated carbocycles. The summed E-state index contributed by atoms with van der Waals surface area (Å²) in [5.41, 5.74) is 0. The van der Waals surface area contributed by atoms with Crippen molar-refractivity contribution in [1.82, 2.24) is 0 Å². The summed E-state index contributed by atoms with van der Waals surface area (Å²) in [7, 11) is 0. The van der Waals surface area contributed by atoms with E-state index in [1.165, 1.54) is 29.8 Å². The first-order chi connectivity index (χ1) is 6.60. The normalized spacial score (nSPS) is 25.4. The maximum absolute atomic E-state index is 11.4. The molecular formula is C12H24GeO. The molecule has 0 atom stereocenters. The zero-order valence-corrected chi connectivity index (χ0v) is 11.9. The molecule has 0 aromatic heterocycles. The fourth-order valence-electron chi connectivity index (χ4n) is 2.28. The molecule has 0 amide bonds. The van der Waals surface area contributed by atoms with Gasteiger partial charge < -0.3 is 0 Å². The predicted molar refractivity (Wildman–Crippen MR) is 64.4 cm³/mol. The molecule has 82 valence electrons. The Balaban J connectivity index is 2.38. The Bertz CT molecular complexity index is 187. The molecule has 1 rings (SSSR count). The van der Waals surface area contributed by atoms with E-state index in [0.717, 1.165) is 25.7 Å². The zero-order valence-electron chi connectivity index (χ0n) is 9.77. The van der Waals surface area contributed by atoms with E-state index < -0.39 is 13.3 Å². The van der Waals surface area contributed by atoms with E-state index in [1.54, 1.807) is 0 Å². The van der Waals surface area contributed by atoms with Crippen LogP contribution in [-0.4, -0.2) is 19.0 Å². The molecule has 1 heterocycles. The van der Waals surface area contributed by atoms with Crippen molar-refractivity contribution in [3.8, 4) is 0 Å². The summed E-state index contributed by atoms with van der Waals surface area (Å²) >= 11 is -1.37. The van der Waals surface area contributed by atoms with Crippen LogP contribution in [0.3, 0.4) is 0 Å². The van der Waals surface area contributed by atoms with E-state index in [1.807, 2.05) is 0 Å². The molecule has 14 heavy (non-hydrogen) atoms. The molecule has 2 heteroatoms. The third-order valence-corrected chi connectivity index (χ3v) is 10.5. The molecule has 0 unspecified atom stereocenters. The monoisotopic (exact) mass is 258 g/mol. The zero-order chi connectivity index (χ0) is 10.4. The van der Waals surface area contributed by atoms with E-state index in [-0.39, 0.29) is 0 Å². The molecule has 0 N–H and O–H groups in total. The molecule has 1 aliphatic heterocycles. The summed E-state index contributed by atoms with van der Waals surface area (Å²) in [6.07, 6.45) is 8.02. The van der Waals surface area contributed by atoms with Crippen LogP contribution in [0, 0.1) is 0 Å². The van der Waals surface area contributed by atoms with Gasteiger partial charge in [0, 0.05) is 0 Å². The third kappa shape index (κ3) is 5.18. The van der Waals surface area contributed by atoms with Crippen LogP contribution in [0.2, 0.25) is 22.0 Å². The Morgan fingerprint density at radius 3 is 2.00 bits per heavy atom. The summed E-state index contributed by atoms with van der Waals surface area (Å²) in [5, 5.41) is 3.00. The van der Waals surface area contributed by atoms with Crippen LogP contribution >= 0.6 is 0 Å². The minimum atomic E-state index is -1.37. The van der Waals surface area contributed by atoms with E-state index in [2.05, 4.69) is 11.5 Å². The summed E-state index contributed by atoms with van der Waals surface area (Å²) in [4.78, 5) is 11.4. The Morgan fingerprint density at radius 2 is 1.36 bits per heavy atom. The van der Waals surface area contributed by atoms with Gasteiger partial charge >= 0.3 is 90.8 Å². The average Bonchev–Trinajstić information content (AvgIpc) is 2.13. The molecule has 0 aliphatic carbocycles. The first kappa shape index (κ1) is 12.3. The van der Waals surface area contributed by atoms with Gasteiger partial charge in [-0.3, -0.25) is 0 Å². The summed E-state index contributed by atoms with van der Waals surface area (Å²) in [5.74, 6) is 5.62. The average molecular weight is 257 g/mol. The van der Waals surface area contributed by atoms with Crippen LogP contribution in [0.25, 0.3) is 0 Å². The summed E-state index contributed by atoms with van der Waals surface area (Å²) in [6, 6.07) is 0. The Labute approximate surface area is 91.0 Å². The van der Waals surface area contributed by atoms with Crippen LogP contribution in [0.5, 0.6) is 0 Å². The van der Waals surface area contributed by atoms with Gasteiger partial charge in [0.05, 0.1) is 0 Å². The molecule has 0 radical (unpaired) electrons. The minimum absolute atomic E-state index is 0.511. The first-order valence-corrected chi connectivity index (χ1v) is 13.3. The molecular weight excluding hydrogens is 233 g/mol. The van der Waals surface area contributed by atoms with E-state index >= 15 is 0 Å². The quantitative estimate of drug-likeness (QED) is 0.599. The number of Topliss-reactive ketones (excluding diaryl/α,β-unsaturated/α-hetero) is 1. The van der Waals surface area contributed by atoms with Crippen molar-refractivity contribution in [3.63, 3.8) is 0 Å². The molecule has 1 fully saturated rings. The fraction of sp³-hybridized carbons (Fsp3) is 0.917. The number of hydrogen-bond donors (Lipinski definition) is 0. The molecule has 1 aliphatic rings. The number of carbonyl (C=O) groups is 1. The molecule has 0 aromatic rings. The van der Waals surface area contributed by atoms with Crippen LogP contribution in [0.4, 0.5) is 0 Å². The van der Waals surface area contributed by atoms with Gasteiger partial charge in [0.1, 0.15) is 0 Å². The number of carbonyl (C=O) groups excluding carboxylic acids is 1. The molecule has 1 nitrogen and oxygen atoms in total. The van der Waals surface area contributed by atoms with E-state index in [9.17, 15) is 4.79 Å². The Hall–Kier alpha value is 0.213. The van der Waals surface area contributed by atoms with Crippen molar-refractivity contribution >= 4 is 19.0 Å². The third-order valence-electron chi connectivity index (χ3n) is 3.37. The van der Waals surface area contributed by atoms with Gasteiger partial charge in [0.25, 0.3) is 0 Å².